The fourth-order valence-electron chi connectivity index (χ4n) is 1.32. The van der Waals surface area contributed by atoms with E-state index in [0.29, 0.717) is 0 Å². The first-order chi connectivity index (χ1) is 6.77. The van der Waals surface area contributed by atoms with Crippen molar-refractivity contribution in [2.45, 2.75) is 6.92 Å². The van der Waals surface area contributed by atoms with Gasteiger partial charge in [0.1, 0.15) is 5.75 Å². The van der Waals surface area contributed by atoms with E-state index in [4.69, 9.17) is 0 Å². The maximum atomic E-state index is 9.33. The van der Waals surface area contributed by atoms with E-state index >= 15 is 0 Å². The molecular formula is C12H11NO. The van der Waals surface area contributed by atoms with Crippen molar-refractivity contribution in [3.8, 4) is 17.0 Å². The van der Waals surface area contributed by atoms with Crippen LogP contribution in [0, 0.1) is 6.92 Å². The normalized spacial score (nSPS) is 10.1. The van der Waals surface area contributed by atoms with Gasteiger partial charge in [-0.3, -0.25) is 4.98 Å². The van der Waals surface area contributed by atoms with Crippen molar-refractivity contribution in [3.63, 3.8) is 0 Å². The van der Waals surface area contributed by atoms with Crippen molar-refractivity contribution in [1.29, 1.82) is 0 Å². The van der Waals surface area contributed by atoms with E-state index in [1.165, 1.54) is 6.20 Å². The highest BCUT2D eigenvalue weighted by Gasteiger charge is 2.01. The van der Waals surface area contributed by atoms with Gasteiger partial charge in [0.25, 0.3) is 0 Å². The van der Waals surface area contributed by atoms with Crippen molar-refractivity contribution in [2.24, 2.45) is 0 Å². The number of nitrogens with zero attached hydrogens (tertiary/aromatic N) is 1. The van der Waals surface area contributed by atoms with Crippen LogP contribution in [0.15, 0.2) is 42.6 Å². The Morgan fingerprint density at radius 3 is 2.50 bits per heavy atom. The third-order valence-corrected chi connectivity index (χ3v) is 2.15. The molecule has 0 aliphatic carbocycles. The van der Waals surface area contributed by atoms with Gasteiger partial charge in [-0.05, 0) is 18.6 Å². The Labute approximate surface area is 82.9 Å². The lowest BCUT2D eigenvalue weighted by atomic mass is 10.1. The topological polar surface area (TPSA) is 33.1 Å². The zero-order chi connectivity index (χ0) is 9.97. The Kier molecular flexibility index (Phi) is 2.19. The Balaban J connectivity index is 2.48. The van der Waals surface area contributed by atoms with E-state index in [0.717, 1.165) is 16.8 Å². The molecule has 2 heteroatoms. The lowest BCUT2D eigenvalue weighted by molar-refractivity contribution is 0.468. The van der Waals surface area contributed by atoms with Crippen LogP contribution in [-0.4, -0.2) is 10.1 Å². The third kappa shape index (κ3) is 1.59. The molecule has 0 saturated carbocycles. The predicted octanol–water partition coefficient (Wildman–Crippen LogP) is 2.76. The summed E-state index contributed by atoms with van der Waals surface area (Å²) in [5.41, 5.74) is 2.80. The Morgan fingerprint density at radius 1 is 1.14 bits per heavy atom. The second-order valence-corrected chi connectivity index (χ2v) is 3.22. The van der Waals surface area contributed by atoms with Gasteiger partial charge in [0.15, 0.2) is 0 Å². The number of hydrogen-bond donors (Lipinski definition) is 1. The molecule has 0 aliphatic rings. The van der Waals surface area contributed by atoms with Gasteiger partial charge in [0.2, 0.25) is 0 Å². The number of aromatic hydroxyl groups is 1. The molecule has 0 bridgehead atoms. The highest BCUT2D eigenvalue weighted by Crippen LogP contribution is 2.21. The molecule has 1 N–H and O–H groups in total. The Bertz CT molecular complexity index is 437. The number of rotatable bonds is 1. The zero-order valence-electron chi connectivity index (χ0n) is 7.94. The molecule has 0 aliphatic heterocycles. The molecule has 0 saturated heterocycles. The highest BCUT2D eigenvalue weighted by atomic mass is 16.3. The van der Waals surface area contributed by atoms with Crippen molar-refractivity contribution >= 4 is 0 Å². The van der Waals surface area contributed by atoms with Crippen molar-refractivity contribution < 1.29 is 5.11 Å². The minimum Gasteiger partial charge on any atom is -0.506 e. The standard InChI is InChI=1S/C12H11NO/c1-9-7-11(13-8-12(9)14)10-5-3-2-4-6-10/h2-8,14H,1H3. The predicted molar refractivity (Wildman–Crippen MR) is 56.1 cm³/mol. The molecule has 0 atom stereocenters. The summed E-state index contributed by atoms with van der Waals surface area (Å²) in [5, 5.41) is 9.33. The molecule has 0 radical (unpaired) electrons. The van der Waals surface area contributed by atoms with Crippen LogP contribution in [0.25, 0.3) is 11.3 Å². The van der Waals surface area contributed by atoms with Gasteiger partial charge < -0.3 is 5.11 Å². The number of aromatic nitrogens is 1. The fourth-order valence-corrected chi connectivity index (χ4v) is 1.32. The van der Waals surface area contributed by atoms with Crippen LogP contribution in [0.3, 0.4) is 0 Å². The maximum absolute atomic E-state index is 9.33. The lowest BCUT2D eigenvalue weighted by Crippen LogP contribution is -1.84. The van der Waals surface area contributed by atoms with Gasteiger partial charge in [-0.1, -0.05) is 30.3 Å². The first-order valence-electron chi connectivity index (χ1n) is 4.48. The average Bonchev–Trinajstić information content (AvgIpc) is 2.23. The molecule has 14 heavy (non-hydrogen) atoms. The van der Waals surface area contributed by atoms with Gasteiger partial charge in [0.05, 0.1) is 11.9 Å². The van der Waals surface area contributed by atoms with Crippen LogP contribution >= 0.6 is 0 Å². The average molecular weight is 185 g/mol. The zero-order valence-corrected chi connectivity index (χ0v) is 7.94. The summed E-state index contributed by atoms with van der Waals surface area (Å²) in [7, 11) is 0. The van der Waals surface area contributed by atoms with Crippen LogP contribution in [0.1, 0.15) is 5.56 Å². The van der Waals surface area contributed by atoms with Crippen LogP contribution in [-0.2, 0) is 0 Å². The molecule has 0 unspecified atom stereocenters. The summed E-state index contributed by atoms with van der Waals surface area (Å²) < 4.78 is 0. The molecule has 0 amide bonds. The summed E-state index contributed by atoms with van der Waals surface area (Å²) in [4.78, 5) is 4.16. The number of benzene rings is 1. The molecule has 2 rings (SSSR count). The van der Waals surface area contributed by atoms with E-state index in [1.54, 1.807) is 0 Å². The number of pyridine rings is 1. The summed E-state index contributed by atoms with van der Waals surface area (Å²) in [6.45, 7) is 1.86. The van der Waals surface area contributed by atoms with Crippen molar-refractivity contribution in [3.05, 3.63) is 48.2 Å². The van der Waals surface area contributed by atoms with E-state index in [9.17, 15) is 5.11 Å². The summed E-state index contributed by atoms with van der Waals surface area (Å²) in [6.07, 6.45) is 1.48. The van der Waals surface area contributed by atoms with Crippen molar-refractivity contribution in [2.75, 3.05) is 0 Å². The molecule has 0 fully saturated rings. The molecule has 0 spiro atoms. The summed E-state index contributed by atoms with van der Waals surface area (Å²) >= 11 is 0. The molecule has 1 aromatic heterocycles. The van der Waals surface area contributed by atoms with Gasteiger partial charge in [-0.15, -0.1) is 0 Å². The van der Waals surface area contributed by atoms with Crippen molar-refractivity contribution in [1.82, 2.24) is 4.98 Å². The summed E-state index contributed by atoms with van der Waals surface area (Å²) in [5.74, 6) is 0.240. The highest BCUT2D eigenvalue weighted by molar-refractivity contribution is 5.60. The number of hydrogen-bond acceptors (Lipinski definition) is 2. The molecule has 1 aromatic carbocycles. The van der Waals surface area contributed by atoms with Gasteiger partial charge in [0, 0.05) is 5.56 Å². The van der Waals surface area contributed by atoms with E-state index < -0.39 is 0 Å². The van der Waals surface area contributed by atoms with Crippen LogP contribution in [0.5, 0.6) is 5.75 Å². The first kappa shape index (κ1) is 8.75. The van der Waals surface area contributed by atoms with Gasteiger partial charge in [-0.2, -0.15) is 0 Å². The molecule has 70 valence electrons. The molecule has 2 nitrogen and oxygen atoms in total. The van der Waals surface area contributed by atoms with Gasteiger partial charge in [-0.25, -0.2) is 0 Å². The lowest BCUT2D eigenvalue weighted by Gasteiger charge is -2.02. The maximum Gasteiger partial charge on any atom is 0.136 e. The third-order valence-electron chi connectivity index (χ3n) is 2.15. The van der Waals surface area contributed by atoms with E-state index in [2.05, 4.69) is 4.98 Å². The molecule has 1 heterocycles. The largest absolute Gasteiger partial charge is 0.506 e. The number of aryl methyl sites for hydroxylation is 1. The smallest absolute Gasteiger partial charge is 0.136 e. The quantitative estimate of drug-likeness (QED) is 0.741. The van der Waals surface area contributed by atoms with Crippen LogP contribution in [0.2, 0.25) is 0 Å². The SMILES string of the molecule is Cc1cc(-c2ccccc2)ncc1O. The summed E-state index contributed by atoms with van der Waals surface area (Å²) in [6, 6.07) is 11.8. The Morgan fingerprint density at radius 2 is 1.86 bits per heavy atom. The second kappa shape index (κ2) is 3.50. The van der Waals surface area contributed by atoms with Crippen LogP contribution < -0.4 is 0 Å². The first-order valence-corrected chi connectivity index (χ1v) is 4.48. The van der Waals surface area contributed by atoms with E-state index in [1.807, 2.05) is 43.3 Å². The Hall–Kier alpha value is -1.83. The minimum atomic E-state index is 0.240. The minimum absolute atomic E-state index is 0.240. The molecular weight excluding hydrogens is 174 g/mol. The second-order valence-electron chi connectivity index (χ2n) is 3.22. The van der Waals surface area contributed by atoms with Gasteiger partial charge >= 0.3 is 0 Å². The van der Waals surface area contributed by atoms with Crippen LogP contribution in [0.4, 0.5) is 0 Å². The molecule has 2 aromatic rings. The monoisotopic (exact) mass is 185 g/mol. The van der Waals surface area contributed by atoms with E-state index in [-0.39, 0.29) is 5.75 Å². The fraction of sp³-hybridized carbons (Fsp3) is 0.0833.